The van der Waals surface area contributed by atoms with Crippen LogP contribution in [-0.2, 0) is 0 Å². The summed E-state index contributed by atoms with van der Waals surface area (Å²) in [6, 6.07) is 5.40. The second-order valence-corrected chi connectivity index (χ2v) is 4.92. The zero-order chi connectivity index (χ0) is 12.0. The molecule has 0 saturated carbocycles. The van der Waals surface area contributed by atoms with E-state index in [1.165, 1.54) is 18.9 Å². The van der Waals surface area contributed by atoms with Crippen molar-refractivity contribution in [1.29, 1.82) is 0 Å². The summed E-state index contributed by atoms with van der Waals surface area (Å²) in [7, 11) is 1.89. The van der Waals surface area contributed by atoms with Crippen LogP contribution in [0, 0.1) is 5.82 Å². The maximum absolute atomic E-state index is 13.7. The quantitative estimate of drug-likeness (QED) is 0.764. The van der Waals surface area contributed by atoms with Gasteiger partial charge in [-0.3, -0.25) is 0 Å². The SMILES string of the molecule is CCCCCC(NC)c1ccc(Br)cc1F. The molecule has 0 spiro atoms. The fourth-order valence-electron chi connectivity index (χ4n) is 1.84. The minimum absolute atomic E-state index is 0.125. The average molecular weight is 288 g/mol. The lowest BCUT2D eigenvalue weighted by Gasteiger charge is -2.17. The van der Waals surface area contributed by atoms with Crippen molar-refractivity contribution in [2.75, 3.05) is 7.05 Å². The molecule has 1 N–H and O–H groups in total. The van der Waals surface area contributed by atoms with Crippen LogP contribution in [0.5, 0.6) is 0 Å². The largest absolute Gasteiger partial charge is 0.313 e. The summed E-state index contributed by atoms with van der Waals surface area (Å²) < 4.78 is 14.5. The molecule has 16 heavy (non-hydrogen) atoms. The van der Waals surface area contributed by atoms with Gasteiger partial charge in [-0.2, -0.15) is 0 Å². The number of rotatable bonds is 6. The van der Waals surface area contributed by atoms with E-state index in [9.17, 15) is 4.39 Å². The van der Waals surface area contributed by atoms with Crippen molar-refractivity contribution in [3.8, 4) is 0 Å². The van der Waals surface area contributed by atoms with E-state index < -0.39 is 0 Å². The van der Waals surface area contributed by atoms with Gasteiger partial charge in [0.15, 0.2) is 0 Å². The maximum Gasteiger partial charge on any atom is 0.129 e. The van der Waals surface area contributed by atoms with Crippen LogP contribution in [0.3, 0.4) is 0 Å². The number of unbranched alkanes of at least 4 members (excludes halogenated alkanes) is 2. The van der Waals surface area contributed by atoms with Crippen LogP contribution >= 0.6 is 15.9 Å². The zero-order valence-corrected chi connectivity index (χ0v) is 11.5. The van der Waals surface area contributed by atoms with Gasteiger partial charge in [-0.05, 0) is 25.6 Å². The van der Waals surface area contributed by atoms with Gasteiger partial charge in [0, 0.05) is 16.1 Å². The van der Waals surface area contributed by atoms with Gasteiger partial charge in [0.25, 0.3) is 0 Å². The first-order chi connectivity index (χ1) is 7.69. The average Bonchev–Trinajstić information content (AvgIpc) is 2.26. The first-order valence-corrected chi connectivity index (χ1v) is 6.60. The van der Waals surface area contributed by atoms with Crippen LogP contribution in [0.15, 0.2) is 22.7 Å². The van der Waals surface area contributed by atoms with E-state index in [-0.39, 0.29) is 11.9 Å². The normalized spacial score (nSPS) is 12.8. The highest BCUT2D eigenvalue weighted by Gasteiger charge is 2.13. The summed E-state index contributed by atoms with van der Waals surface area (Å²) in [5, 5.41) is 3.18. The van der Waals surface area contributed by atoms with Crippen molar-refractivity contribution in [2.24, 2.45) is 0 Å². The molecule has 0 aliphatic heterocycles. The highest BCUT2D eigenvalue weighted by atomic mass is 79.9. The molecular weight excluding hydrogens is 269 g/mol. The number of hydrogen-bond donors (Lipinski definition) is 1. The molecule has 0 aliphatic carbocycles. The van der Waals surface area contributed by atoms with Crippen molar-refractivity contribution in [2.45, 2.75) is 38.6 Å². The molecule has 1 atom stereocenters. The van der Waals surface area contributed by atoms with Crippen molar-refractivity contribution in [3.63, 3.8) is 0 Å². The Morgan fingerprint density at radius 1 is 1.38 bits per heavy atom. The summed E-state index contributed by atoms with van der Waals surface area (Å²) >= 11 is 3.27. The van der Waals surface area contributed by atoms with Crippen LogP contribution in [0.1, 0.15) is 44.2 Å². The third-order valence-electron chi connectivity index (χ3n) is 2.78. The highest BCUT2D eigenvalue weighted by Crippen LogP contribution is 2.24. The van der Waals surface area contributed by atoms with Crippen molar-refractivity contribution in [1.82, 2.24) is 5.32 Å². The van der Waals surface area contributed by atoms with E-state index in [0.717, 1.165) is 22.9 Å². The van der Waals surface area contributed by atoms with Crippen LogP contribution in [0.25, 0.3) is 0 Å². The molecule has 1 aromatic carbocycles. The van der Waals surface area contributed by atoms with Crippen LogP contribution in [0.4, 0.5) is 4.39 Å². The number of hydrogen-bond acceptors (Lipinski definition) is 1. The minimum atomic E-state index is -0.134. The Bertz CT molecular complexity index is 328. The molecule has 1 aromatic rings. The molecule has 0 bridgehead atoms. The number of halogens is 2. The van der Waals surface area contributed by atoms with Crippen LogP contribution in [0.2, 0.25) is 0 Å². The monoisotopic (exact) mass is 287 g/mol. The van der Waals surface area contributed by atoms with E-state index in [2.05, 4.69) is 28.2 Å². The first-order valence-electron chi connectivity index (χ1n) is 5.81. The predicted octanol–water partition coefficient (Wildman–Crippen LogP) is 4.43. The zero-order valence-electron chi connectivity index (χ0n) is 9.89. The molecule has 90 valence electrons. The topological polar surface area (TPSA) is 12.0 Å². The van der Waals surface area contributed by atoms with Gasteiger partial charge >= 0.3 is 0 Å². The lowest BCUT2D eigenvalue weighted by Crippen LogP contribution is -2.17. The molecule has 0 amide bonds. The lowest BCUT2D eigenvalue weighted by molar-refractivity contribution is 0.484. The highest BCUT2D eigenvalue weighted by molar-refractivity contribution is 9.10. The Morgan fingerprint density at radius 3 is 2.69 bits per heavy atom. The summed E-state index contributed by atoms with van der Waals surface area (Å²) in [4.78, 5) is 0. The van der Waals surface area contributed by atoms with Crippen LogP contribution < -0.4 is 5.32 Å². The molecule has 1 rings (SSSR count). The van der Waals surface area contributed by atoms with E-state index in [4.69, 9.17) is 0 Å². The van der Waals surface area contributed by atoms with Crippen molar-refractivity contribution < 1.29 is 4.39 Å². The van der Waals surface area contributed by atoms with E-state index in [1.54, 1.807) is 0 Å². The third-order valence-corrected chi connectivity index (χ3v) is 3.28. The standard InChI is InChI=1S/C13H19BrFN/c1-3-4-5-6-13(16-2)11-8-7-10(14)9-12(11)15/h7-9,13,16H,3-6H2,1-2H3. The van der Waals surface area contributed by atoms with Crippen LogP contribution in [-0.4, -0.2) is 7.05 Å². The molecule has 1 unspecified atom stereocenters. The van der Waals surface area contributed by atoms with Crippen molar-refractivity contribution >= 4 is 15.9 Å². The molecule has 1 nitrogen and oxygen atoms in total. The molecular formula is C13H19BrFN. The first kappa shape index (κ1) is 13.7. The maximum atomic E-state index is 13.7. The predicted molar refractivity (Wildman–Crippen MR) is 70.0 cm³/mol. The second kappa shape index (κ2) is 7.02. The summed E-state index contributed by atoms with van der Waals surface area (Å²) in [5.74, 6) is -0.134. The molecule has 0 fully saturated rings. The molecule has 0 saturated heterocycles. The van der Waals surface area contributed by atoms with E-state index in [0.29, 0.717) is 0 Å². The van der Waals surface area contributed by atoms with Gasteiger partial charge in [0.2, 0.25) is 0 Å². The molecule has 0 radical (unpaired) electrons. The van der Waals surface area contributed by atoms with Gasteiger partial charge in [-0.25, -0.2) is 4.39 Å². The van der Waals surface area contributed by atoms with Crippen molar-refractivity contribution in [3.05, 3.63) is 34.1 Å². The van der Waals surface area contributed by atoms with Gasteiger partial charge in [-0.15, -0.1) is 0 Å². The Morgan fingerprint density at radius 2 is 2.12 bits per heavy atom. The molecule has 0 aliphatic rings. The Labute approximate surface area is 106 Å². The molecule has 0 heterocycles. The number of nitrogens with one attached hydrogen (secondary N) is 1. The Kier molecular flexibility index (Phi) is 5.99. The Balaban J connectivity index is 2.70. The fraction of sp³-hybridized carbons (Fsp3) is 0.538. The summed E-state index contributed by atoms with van der Waals surface area (Å²) in [6.07, 6.45) is 4.52. The van der Waals surface area contributed by atoms with Gasteiger partial charge in [0.1, 0.15) is 5.82 Å². The number of benzene rings is 1. The smallest absolute Gasteiger partial charge is 0.129 e. The Hall–Kier alpha value is -0.410. The molecule has 3 heteroatoms. The van der Waals surface area contributed by atoms with Gasteiger partial charge < -0.3 is 5.32 Å². The van der Waals surface area contributed by atoms with Gasteiger partial charge in [0.05, 0.1) is 0 Å². The fourth-order valence-corrected chi connectivity index (χ4v) is 2.17. The lowest BCUT2D eigenvalue weighted by atomic mass is 10.0. The van der Waals surface area contributed by atoms with E-state index >= 15 is 0 Å². The van der Waals surface area contributed by atoms with E-state index in [1.807, 2.05) is 19.2 Å². The molecule has 0 aromatic heterocycles. The summed E-state index contributed by atoms with van der Waals surface area (Å²) in [6.45, 7) is 2.18. The van der Waals surface area contributed by atoms with Gasteiger partial charge in [-0.1, -0.05) is 48.2 Å². The second-order valence-electron chi connectivity index (χ2n) is 4.00. The third kappa shape index (κ3) is 3.87. The minimum Gasteiger partial charge on any atom is -0.313 e. The summed E-state index contributed by atoms with van der Waals surface area (Å²) in [5.41, 5.74) is 0.766.